The van der Waals surface area contributed by atoms with E-state index in [-0.39, 0.29) is 11.9 Å². The van der Waals surface area contributed by atoms with Gasteiger partial charge in [-0.3, -0.25) is 10.1 Å². The predicted molar refractivity (Wildman–Crippen MR) is 99.1 cm³/mol. The first kappa shape index (κ1) is 18.6. The minimum atomic E-state index is -0.420. The maximum atomic E-state index is 12.4. The Hall–Kier alpha value is -1.75. The number of rotatable bonds is 6. The second kappa shape index (κ2) is 8.38. The summed E-state index contributed by atoms with van der Waals surface area (Å²) >= 11 is 12.1. The smallest absolute Gasteiger partial charge is 0.241 e. The van der Waals surface area contributed by atoms with Gasteiger partial charge in [0.1, 0.15) is 5.75 Å². The van der Waals surface area contributed by atoms with Crippen LogP contribution >= 0.6 is 23.2 Å². The number of hydrogen-bond acceptors (Lipinski definition) is 3. The summed E-state index contributed by atoms with van der Waals surface area (Å²) in [6, 6.07) is 12.1. The highest BCUT2D eigenvalue weighted by Crippen LogP contribution is 2.27. The molecule has 0 fully saturated rings. The fourth-order valence-corrected chi connectivity index (χ4v) is 2.95. The molecule has 2 aromatic rings. The second-order valence-corrected chi connectivity index (χ2v) is 6.31. The van der Waals surface area contributed by atoms with Crippen molar-refractivity contribution in [1.82, 2.24) is 5.32 Å². The van der Waals surface area contributed by atoms with Crippen molar-refractivity contribution in [1.29, 1.82) is 0 Å². The zero-order chi connectivity index (χ0) is 17.7. The number of para-hydroxylation sites is 2. The van der Waals surface area contributed by atoms with Crippen molar-refractivity contribution in [3.63, 3.8) is 0 Å². The van der Waals surface area contributed by atoms with Gasteiger partial charge in [0.2, 0.25) is 5.91 Å². The molecule has 0 aliphatic carbocycles. The highest BCUT2D eigenvalue weighted by molar-refractivity contribution is 6.35. The van der Waals surface area contributed by atoms with Gasteiger partial charge in [-0.15, -0.1) is 0 Å². The molecule has 0 saturated carbocycles. The van der Waals surface area contributed by atoms with Crippen molar-refractivity contribution in [3.8, 4) is 5.75 Å². The number of ether oxygens (including phenoxy) is 1. The minimum Gasteiger partial charge on any atom is -0.495 e. The van der Waals surface area contributed by atoms with Gasteiger partial charge in [-0.2, -0.15) is 0 Å². The summed E-state index contributed by atoms with van der Waals surface area (Å²) in [4.78, 5) is 12.4. The third kappa shape index (κ3) is 4.63. The molecule has 2 rings (SSSR count). The Bertz CT molecular complexity index is 722. The third-order valence-corrected chi connectivity index (χ3v) is 4.25. The summed E-state index contributed by atoms with van der Waals surface area (Å²) in [7, 11) is 1.57. The molecule has 0 radical (unpaired) electrons. The fraction of sp³-hybridized carbons (Fsp3) is 0.278. The van der Waals surface area contributed by atoms with Gasteiger partial charge in [0.15, 0.2) is 0 Å². The molecule has 0 saturated heterocycles. The van der Waals surface area contributed by atoms with Gasteiger partial charge < -0.3 is 10.1 Å². The molecular formula is C18H20Cl2N2O2. The van der Waals surface area contributed by atoms with E-state index in [2.05, 4.69) is 10.6 Å². The summed E-state index contributed by atoms with van der Waals surface area (Å²) in [5, 5.41) is 7.25. The molecule has 4 nitrogen and oxygen atoms in total. The van der Waals surface area contributed by atoms with Crippen LogP contribution in [0.4, 0.5) is 5.69 Å². The van der Waals surface area contributed by atoms with Gasteiger partial charge in [-0.1, -0.05) is 41.4 Å². The van der Waals surface area contributed by atoms with E-state index in [1.807, 2.05) is 25.1 Å². The Morgan fingerprint density at radius 1 is 1.12 bits per heavy atom. The van der Waals surface area contributed by atoms with Crippen LogP contribution in [0.3, 0.4) is 0 Å². The van der Waals surface area contributed by atoms with Crippen LogP contribution in [0.2, 0.25) is 10.0 Å². The molecule has 2 atom stereocenters. The van der Waals surface area contributed by atoms with Gasteiger partial charge in [-0.25, -0.2) is 0 Å². The lowest BCUT2D eigenvalue weighted by molar-refractivity contribution is -0.117. The number of anilines is 1. The van der Waals surface area contributed by atoms with E-state index in [1.54, 1.807) is 38.3 Å². The molecule has 0 bridgehead atoms. The summed E-state index contributed by atoms with van der Waals surface area (Å²) in [6.07, 6.45) is 0. The van der Waals surface area contributed by atoms with Crippen LogP contribution < -0.4 is 15.4 Å². The van der Waals surface area contributed by atoms with E-state index in [0.717, 1.165) is 5.56 Å². The Kier molecular flexibility index (Phi) is 6.49. The standard InChI is InChI=1S/C18H20Cl2N2O2/c1-11(14-9-8-13(19)10-15(14)20)21-12(2)18(23)22-16-6-4-5-7-17(16)24-3/h4-12,21H,1-3H3,(H,22,23)/t11-,12-/m1/s1. The predicted octanol–water partition coefficient (Wildman–Crippen LogP) is 4.68. The molecule has 0 spiro atoms. The molecule has 6 heteroatoms. The Labute approximate surface area is 152 Å². The number of amides is 1. The third-order valence-electron chi connectivity index (χ3n) is 3.69. The molecule has 2 aromatic carbocycles. The molecule has 0 aromatic heterocycles. The fourth-order valence-electron chi connectivity index (χ4n) is 2.38. The van der Waals surface area contributed by atoms with Gasteiger partial charge >= 0.3 is 0 Å². The van der Waals surface area contributed by atoms with Crippen molar-refractivity contribution in [2.24, 2.45) is 0 Å². The number of carbonyl (C=O) groups is 1. The van der Waals surface area contributed by atoms with E-state index in [0.29, 0.717) is 21.5 Å². The molecule has 0 unspecified atom stereocenters. The first-order valence-corrected chi connectivity index (χ1v) is 8.33. The van der Waals surface area contributed by atoms with E-state index in [1.165, 1.54) is 0 Å². The minimum absolute atomic E-state index is 0.104. The summed E-state index contributed by atoms with van der Waals surface area (Å²) in [6.45, 7) is 3.74. The molecule has 24 heavy (non-hydrogen) atoms. The van der Waals surface area contributed by atoms with Crippen molar-refractivity contribution in [2.75, 3.05) is 12.4 Å². The number of halogens is 2. The first-order chi connectivity index (χ1) is 11.4. The monoisotopic (exact) mass is 366 g/mol. The molecular weight excluding hydrogens is 347 g/mol. The maximum Gasteiger partial charge on any atom is 0.241 e. The van der Waals surface area contributed by atoms with Gasteiger partial charge in [-0.05, 0) is 43.7 Å². The van der Waals surface area contributed by atoms with Crippen LogP contribution in [0.25, 0.3) is 0 Å². The van der Waals surface area contributed by atoms with Crippen LogP contribution in [0.15, 0.2) is 42.5 Å². The lowest BCUT2D eigenvalue weighted by atomic mass is 10.1. The zero-order valence-electron chi connectivity index (χ0n) is 13.8. The van der Waals surface area contributed by atoms with Crippen LogP contribution in [0.1, 0.15) is 25.5 Å². The Balaban J connectivity index is 2.03. The largest absolute Gasteiger partial charge is 0.495 e. The number of hydrogen-bond donors (Lipinski definition) is 2. The summed E-state index contributed by atoms with van der Waals surface area (Å²) in [5.41, 5.74) is 1.52. The second-order valence-electron chi connectivity index (χ2n) is 5.47. The average Bonchev–Trinajstić information content (AvgIpc) is 2.55. The topological polar surface area (TPSA) is 50.4 Å². The first-order valence-electron chi connectivity index (χ1n) is 7.57. The number of methoxy groups -OCH3 is 1. The summed E-state index contributed by atoms with van der Waals surface area (Å²) < 4.78 is 5.24. The molecule has 1 amide bonds. The van der Waals surface area contributed by atoms with Crippen molar-refractivity contribution in [3.05, 3.63) is 58.1 Å². The van der Waals surface area contributed by atoms with Gasteiger partial charge in [0.05, 0.1) is 18.8 Å². The van der Waals surface area contributed by atoms with Gasteiger partial charge in [0.25, 0.3) is 0 Å². The molecule has 0 heterocycles. The van der Waals surface area contributed by atoms with Gasteiger partial charge in [0, 0.05) is 16.1 Å². The highest BCUT2D eigenvalue weighted by atomic mass is 35.5. The SMILES string of the molecule is COc1ccccc1NC(=O)[C@@H](C)N[C@H](C)c1ccc(Cl)cc1Cl. The van der Waals surface area contributed by atoms with Crippen LogP contribution in [0.5, 0.6) is 5.75 Å². The quantitative estimate of drug-likeness (QED) is 0.780. The van der Waals surface area contributed by atoms with Crippen LogP contribution in [-0.4, -0.2) is 19.1 Å². The van der Waals surface area contributed by atoms with Crippen molar-refractivity contribution < 1.29 is 9.53 Å². The maximum absolute atomic E-state index is 12.4. The Morgan fingerprint density at radius 2 is 1.83 bits per heavy atom. The van der Waals surface area contributed by atoms with Crippen molar-refractivity contribution in [2.45, 2.75) is 25.9 Å². The Morgan fingerprint density at radius 3 is 2.50 bits per heavy atom. The zero-order valence-corrected chi connectivity index (χ0v) is 15.3. The lowest BCUT2D eigenvalue weighted by Gasteiger charge is -2.21. The van der Waals surface area contributed by atoms with E-state index in [9.17, 15) is 4.79 Å². The van der Waals surface area contributed by atoms with E-state index in [4.69, 9.17) is 27.9 Å². The summed E-state index contributed by atoms with van der Waals surface area (Å²) in [5.74, 6) is 0.461. The molecule has 0 aliphatic heterocycles. The van der Waals surface area contributed by atoms with Crippen LogP contribution in [0, 0.1) is 0 Å². The molecule has 2 N–H and O–H groups in total. The molecule has 128 valence electrons. The van der Waals surface area contributed by atoms with Crippen LogP contribution in [-0.2, 0) is 4.79 Å². The average molecular weight is 367 g/mol. The van der Waals surface area contributed by atoms with Crippen molar-refractivity contribution >= 4 is 34.8 Å². The lowest BCUT2D eigenvalue weighted by Crippen LogP contribution is -2.39. The number of benzene rings is 2. The molecule has 0 aliphatic rings. The highest BCUT2D eigenvalue weighted by Gasteiger charge is 2.19. The van der Waals surface area contributed by atoms with E-state index < -0.39 is 6.04 Å². The number of nitrogens with one attached hydrogen (secondary N) is 2. The normalized spacial score (nSPS) is 13.2. The van der Waals surface area contributed by atoms with E-state index >= 15 is 0 Å². The number of carbonyl (C=O) groups excluding carboxylic acids is 1.